The van der Waals surface area contributed by atoms with Crippen LogP contribution in [0, 0.1) is 23.5 Å². The second-order valence-corrected chi connectivity index (χ2v) is 12.5. The van der Waals surface area contributed by atoms with Crippen LogP contribution in [0.25, 0.3) is 0 Å². The van der Waals surface area contributed by atoms with Gasteiger partial charge in [0.05, 0.1) is 15.2 Å². The molecule has 2 aromatic carbocycles. The number of rotatable bonds is 6. The van der Waals surface area contributed by atoms with Crippen LogP contribution in [-0.2, 0) is 9.84 Å². The SMILES string of the molecule is O=C(Nc1ccc(F)c(F)c1)c1ccc(Cl)c(S(=O)(=O)C2CC3CCC(C2)C3(O)C(O)c2ccncc2)c1. The monoisotopic (exact) mass is 562 g/mol. The van der Waals surface area contributed by atoms with Gasteiger partial charge in [-0.2, -0.15) is 0 Å². The van der Waals surface area contributed by atoms with Crippen molar-refractivity contribution in [3.63, 3.8) is 0 Å². The van der Waals surface area contributed by atoms with Crippen LogP contribution in [0.4, 0.5) is 14.5 Å². The molecule has 1 aromatic heterocycles. The lowest BCUT2D eigenvalue weighted by molar-refractivity contribution is -0.144. The van der Waals surface area contributed by atoms with Crippen LogP contribution in [0.3, 0.4) is 0 Å². The Morgan fingerprint density at radius 1 is 1.03 bits per heavy atom. The number of fused-ring (bicyclic) bond motifs is 2. The molecule has 5 rings (SSSR count). The van der Waals surface area contributed by atoms with Crippen molar-refractivity contribution in [3.8, 4) is 0 Å². The van der Waals surface area contributed by atoms with Gasteiger partial charge in [0, 0.05) is 29.7 Å². The molecular weight excluding hydrogens is 538 g/mol. The van der Waals surface area contributed by atoms with Crippen LogP contribution in [0.15, 0.2) is 65.8 Å². The Balaban J connectivity index is 1.39. The van der Waals surface area contributed by atoms with Gasteiger partial charge in [-0.05, 0) is 85.5 Å². The average molecular weight is 563 g/mol. The summed E-state index contributed by atoms with van der Waals surface area (Å²) in [5.74, 6) is -3.83. The second kappa shape index (κ2) is 10.00. The normalized spacial score (nSPS) is 25.7. The summed E-state index contributed by atoms with van der Waals surface area (Å²) in [6.07, 6.45) is 3.26. The summed E-state index contributed by atoms with van der Waals surface area (Å²) in [5.41, 5.74) is -0.975. The molecule has 2 fully saturated rings. The molecule has 3 atom stereocenters. The molecule has 3 N–H and O–H groups in total. The molecule has 2 bridgehead atoms. The highest BCUT2D eigenvalue weighted by atomic mass is 35.5. The predicted molar refractivity (Wildman–Crippen MR) is 136 cm³/mol. The van der Waals surface area contributed by atoms with Gasteiger partial charge in [-0.15, -0.1) is 0 Å². The van der Waals surface area contributed by atoms with Crippen LogP contribution < -0.4 is 5.32 Å². The second-order valence-electron chi connectivity index (χ2n) is 9.91. The van der Waals surface area contributed by atoms with Crippen molar-refractivity contribution < 1.29 is 32.2 Å². The number of benzene rings is 2. The number of hydrogen-bond donors (Lipinski definition) is 3. The molecule has 2 aliphatic rings. The highest BCUT2D eigenvalue weighted by molar-refractivity contribution is 7.92. The van der Waals surface area contributed by atoms with Crippen molar-refractivity contribution in [1.29, 1.82) is 0 Å². The fraction of sp³-hybridized carbons (Fsp3) is 0.333. The average Bonchev–Trinajstić information content (AvgIpc) is 3.06. The lowest BCUT2D eigenvalue weighted by Gasteiger charge is -2.45. The summed E-state index contributed by atoms with van der Waals surface area (Å²) in [4.78, 5) is 16.5. The van der Waals surface area contributed by atoms with Crippen LogP contribution >= 0.6 is 11.6 Å². The minimum atomic E-state index is -4.02. The molecule has 11 heteroatoms. The molecule has 0 saturated heterocycles. The number of nitrogens with zero attached hydrogens (tertiary/aromatic N) is 1. The first-order valence-electron chi connectivity index (χ1n) is 12.1. The number of hydrogen-bond acceptors (Lipinski definition) is 6. The Bertz CT molecular complexity index is 1470. The van der Waals surface area contributed by atoms with Crippen LogP contribution in [-0.4, -0.2) is 40.4 Å². The Morgan fingerprint density at radius 3 is 2.32 bits per heavy atom. The number of anilines is 1. The fourth-order valence-corrected chi connectivity index (χ4v) is 8.28. The zero-order valence-electron chi connectivity index (χ0n) is 20.0. The highest BCUT2D eigenvalue weighted by Crippen LogP contribution is 2.56. The Hall–Kier alpha value is -2.92. The van der Waals surface area contributed by atoms with Crippen molar-refractivity contribution in [2.75, 3.05) is 5.32 Å². The number of aliphatic hydroxyl groups is 2. The quantitative estimate of drug-likeness (QED) is 0.401. The summed E-state index contributed by atoms with van der Waals surface area (Å²) in [5, 5.41) is 24.1. The number of sulfone groups is 1. The van der Waals surface area contributed by atoms with E-state index in [2.05, 4.69) is 10.3 Å². The molecule has 200 valence electrons. The third kappa shape index (κ3) is 4.59. The number of pyridine rings is 1. The van der Waals surface area contributed by atoms with Crippen molar-refractivity contribution in [3.05, 3.63) is 88.7 Å². The van der Waals surface area contributed by atoms with Crippen molar-refractivity contribution >= 4 is 33.0 Å². The molecule has 0 spiro atoms. The maximum Gasteiger partial charge on any atom is 0.255 e. The van der Waals surface area contributed by atoms with E-state index in [1.54, 1.807) is 12.1 Å². The van der Waals surface area contributed by atoms with Crippen molar-refractivity contribution in [2.24, 2.45) is 11.8 Å². The van der Waals surface area contributed by atoms with Gasteiger partial charge in [-0.25, -0.2) is 17.2 Å². The number of aliphatic hydroxyl groups excluding tert-OH is 1. The van der Waals surface area contributed by atoms with Gasteiger partial charge in [-0.3, -0.25) is 9.78 Å². The third-order valence-corrected chi connectivity index (χ3v) is 10.5. The summed E-state index contributed by atoms with van der Waals surface area (Å²) in [7, 11) is -4.02. The number of aromatic nitrogens is 1. The molecule has 7 nitrogen and oxygen atoms in total. The van der Waals surface area contributed by atoms with E-state index in [1.165, 1.54) is 36.7 Å². The Morgan fingerprint density at radius 2 is 1.68 bits per heavy atom. The van der Waals surface area contributed by atoms with Crippen LogP contribution in [0.1, 0.15) is 47.7 Å². The summed E-state index contributed by atoms with van der Waals surface area (Å²) in [6, 6.07) is 9.93. The summed E-state index contributed by atoms with van der Waals surface area (Å²) >= 11 is 6.28. The lowest BCUT2D eigenvalue weighted by Crippen LogP contribution is -2.52. The van der Waals surface area contributed by atoms with E-state index in [1.807, 2.05) is 0 Å². The third-order valence-electron chi connectivity index (χ3n) is 7.84. The molecular formula is C27H25ClF2N2O5S. The smallest absolute Gasteiger partial charge is 0.255 e. The number of nitrogens with one attached hydrogen (secondary N) is 1. The molecule has 38 heavy (non-hydrogen) atoms. The first-order valence-corrected chi connectivity index (χ1v) is 14.0. The first kappa shape index (κ1) is 26.7. The van der Waals surface area contributed by atoms with Crippen LogP contribution in [0.2, 0.25) is 5.02 Å². The van der Waals surface area contributed by atoms with Gasteiger partial charge < -0.3 is 15.5 Å². The molecule has 3 unspecified atom stereocenters. The molecule has 2 aliphatic carbocycles. The Labute approximate surface area is 223 Å². The first-order chi connectivity index (χ1) is 18.0. The number of amides is 1. The number of halogens is 3. The summed E-state index contributed by atoms with van der Waals surface area (Å²) < 4.78 is 54.2. The van der Waals surface area contributed by atoms with E-state index in [-0.39, 0.29) is 34.0 Å². The largest absolute Gasteiger partial charge is 0.386 e. The Kier molecular flexibility index (Phi) is 7.02. The molecule has 1 amide bonds. The zero-order valence-corrected chi connectivity index (χ0v) is 21.6. The number of carbonyl (C=O) groups excluding carboxylic acids is 1. The van der Waals surface area contributed by atoms with E-state index in [9.17, 15) is 32.2 Å². The van der Waals surface area contributed by atoms with Gasteiger partial charge in [0.15, 0.2) is 21.5 Å². The van der Waals surface area contributed by atoms with E-state index in [0.717, 1.165) is 12.1 Å². The van der Waals surface area contributed by atoms with E-state index >= 15 is 0 Å². The van der Waals surface area contributed by atoms with Crippen LogP contribution in [0.5, 0.6) is 0 Å². The minimum Gasteiger partial charge on any atom is -0.386 e. The molecule has 3 aromatic rings. The van der Waals surface area contributed by atoms with Crippen molar-refractivity contribution in [2.45, 2.75) is 47.5 Å². The van der Waals surface area contributed by atoms with Gasteiger partial charge in [0.2, 0.25) is 0 Å². The molecule has 2 saturated carbocycles. The van der Waals surface area contributed by atoms with Gasteiger partial charge in [0.25, 0.3) is 5.91 Å². The molecule has 1 heterocycles. The predicted octanol–water partition coefficient (Wildman–Crippen LogP) is 4.69. The fourth-order valence-electron chi connectivity index (χ4n) is 5.87. The standard InChI is InChI=1S/C27H25ClF2N2O5S/c28-21-5-1-16(26(34)32-19-4-6-22(29)23(30)14-19)11-24(21)38(36,37)20-12-17-2-3-18(13-20)27(17,35)25(33)15-7-9-31-10-8-15/h1,4-11,14,17-18,20,25,33,35H,2-3,12-13H2,(H,32,34). The van der Waals surface area contributed by atoms with Gasteiger partial charge in [0.1, 0.15) is 11.7 Å². The molecule has 0 radical (unpaired) electrons. The van der Waals surface area contributed by atoms with E-state index in [0.29, 0.717) is 18.4 Å². The zero-order chi connectivity index (χ0) is 27.2. The topological polar surface area (TPSA) is 117 Å². The maximum atomic E-state index is 13.7. The lowest BCUT2D eigenvalue weighted by atomic mass is 9.69. The van der Waals surface area contributed by atoms with Crippen molar-refractivity contribution in [1.82, 2.24) is 4.98 Å². The summed E-state index contributed by atoms with van der Waals surface area (Å²) in [6.45, 7) is 0. The van der Waals surface area contributed by atoms with E-state index < -0.39 is 56.2 Å². The van der Waals surface area contributed by atoms with Gasteiger partial charge in [-0.1, -0.05) is 11.6 Å². The van der Waals surface area contributed by atoms with Gasteiger partial charge >= 0.3 is 0 Å². The minimum absolute atomic E-state index is 0.00385. The maximum absolute atomic E-state index is 13.7. The molecule has 0 aliphatic heterocycles. The number of carbonyl (C=O) groups is 1. The van der Waals surface area contributed by atoms with E-state index in [4.69, 9.17) is 11.6 Å². The highest BCUT2D eigenvalue weighted by Gasteiger charge is 2.59.